The van der Waals surface area contributed by atoms with Crippen LogP contribution in [-0.4, -0.2) is 18.3 Å². The zero-order chi connectivity index (χ0) is 18.2. The lowest BCUT2D eigenvalue weighted by Crippen LogP contribution is -2.41. The van der Waals surface area contributed by atoms with E-state index < -0.39 is 0 Å². The molecule has 0 atom stereocenters. The van der Waals surface area contributed by atoms with Gasteiger partial charge in [0, 0.05) is 4.47 Å². The minimum Gasteiger partial charge on any atom is -0.489 e. The van der Waals surface area contributed by atoms with Crippen LogP contribution >= 0.6 is 15.9 Å². The van der Waals surface area contributed by atoms with Crippen molar-refractivity contribution in [2.24, 2.45) is 0 Å². The van der Waals surface area contributed by atoms with Gasteiger partial charge in [0.2, 0.25) is 0 Å². The van der Waals surface area contributed by atoms with E-state index in [4.69, 9.17) is 14.0 Å². The molecular formula is C20H24BBrO3. The first-order valence-corrected chi connectivity index (χ1v) is 9.31. The summed E-state index contributed by atoms with van der Waals surface area (Å²) in [5.41, 5.74) is 2.62. The minimum absolute atomic E-state index is 0.322. The lowest BCUT2D eigenvalue weighted by Gasteiger charge is -2.32. The van der Waals surface area contributed by atoms with Crippen LogP contribution in [0.4, 0.5) is 0 Å². The molecule has 0 N–H and O–H groups in total. The van der Waals surface area contributed by atoms with Crippen molar-refractivity contribution in [3.8, 4) is 5.75 Å². The van der Waals surface area contributed by atoms with Crippen LogP contribution in [0, 0.1) is 6.92 Å². The van der Waals surface area contributed by atoms with E-state index in [1.807, 2.05) is 25.1 Å². The third kappa shape index (κ3) is 3.94. The second-order valence-corrected chi connectivity index (χ2v) is 8.44. The lowest BCUT2D eigenvalue weighted by molar-refractivity contribution is 0.00578. The van der Waals surface area contributed by atoms with Gasteiger partial charge in [0.25, 0.3) is 0 Å². The van der Waals surface area contributed by atoms with Crippen LogP contribution in [0.3, 0.4) is 0 Å². The molecule has 132 valence electrons. The topological polar surface area (TPSA) is 27.7 Å². The summed E-state index contributed by atoms with van der Waals surface area (Å²) in [7, 11) is -0.327. The first-order valence-electron chi connectivity index (χ1n) is 8.51. The largest absolute Gasteiger partial charge is 0.494 e. The van der Waals surface area contributed by atoms with Gasteiger partial charge >= 0.3 is 7.12 Å². The lowest BCUT2D eigenvalue weighted by atomic mass is 9.79. The van der Waals surface area contributed by atoms with E-state index in [1.165, 1.54) is 0 Å². The fourth-order valence-electron chi connectivity index (χ4n) is 2.64. The maximum absolute atomic E-state index is 6.09. The summed E-state index contributed by atoms with van der Waals surface area (Å²) >= 11 is 3.48. The molecule has 0 spiro atoms. The second kappa shape index (κ2) is 6.78. The molecule has 0 unspecified atom stereocenters. The highest BCUT2D eigenvalue weighted by atomic mass is 79.9. The molecule has 25 heavy (non-hydrogen) atoms. The summed E-state index contributed by atoms with van der Waals surface area (Å²) in [5, 5.41) is 0. The van der Waals surface area contributed by atoms with Gasteiger partial charge in [-0.05, 0) is 63.3 Å². The van der Waals surface area contributed by atoms with Crippen LogP contribution < -0.4 is 10.2 Å². The summed E-state index contributed by atoms with van der Waals surface area (Å²) in [4.78, 5) is 0. The average Bonchev–Trinajstić information content (AvgIpc) is 2.77. The number of benzene rings is 2. The quantitative estimate of drug-likeness (QED) is 0.697. The summed E-state index contributed by atoms with van der Waals surface area (Å²) in [6.45, 7) is 10.8. The molecule has 0 aromatic heterocycles. The number of hydrogen-bond acceptors (Lipinski definition) is 3. The van der Waals surface area contributed by atoms with Crippen molar-refractivity contribution in [1.82, 2.24) is 0 Å². The molecule has 0 saturated carbocycles. The zero-order valence-corrected chi connectivity index (χ0v) is 17.0. The highest BCUT2D eigenvalue weighted by molar-refractivity contribution is 9.10. The van der Waals surface area contributed by atoms with Gasteiger partial charge in [-0.3, -0.25) is 0 Å². The van der Waals surface area contributed by atoms with Crippen LogP contribution in [-0.2, 0) is 15.9 Å². The van der Waals surface area contributed by atoms with Gasteiger partial charge in [-0.25, -0.2) is 0 Å². The fourth-order valence-corrected chi connectivity index (χ4v) is 2.98. The molecule has 5 heteroatoms. The molecule has 2 aromatic carbocycles. The molecule has 2 aromatic rings. The van der Waals surface area contributed by atoms with Crippen molar-refractivity contribution in [3.05, 3.63) is 58.1 Å². The molecule has 0 radical (unpaired) electrons. The first kappa shape index (κ1) is 18.5. The van der Waals surface area contributed by atoms with Crippen molar-refractivity contribution in [1.29, 1.82) is 0 Å². The summed E-state index contributed by atoms with van der Waals surface area (Å²) in [5.74, 6) is 0.893. The predicted octanol–water partition coefficient (Wildman–Crippen LogP) is 4.64. The Morgan fingerprint density at radius 1 is 0.960 bits per heavy atom. The van der Waals surface area contributed by atoms with Gasteiger partial charge in [-0.1, -0.05) is 46.3 Å². The molecule has 1 fully saturated rings. The van der Waals surface area contributed by atoms with E-state index in [0.717, 1.165) is 26.8 Å². The standard InChI is InChI=1S/C20H24BBrO3/c1-14-6-11-17(22)12-18(14)23-13-15-7-9-16(10-8-15)21-24-19(2,3)20(4,5)25-21/h6-12H,13H2,1-5H3. The smallest absolute Gasteiger partial charge is 0.489 e. The van der Waals surface area contributed by atoms with Gasteiger partial charge in [0.05, 0.1) is 11.2 Å². The second-order valence-electron chi connectivity index (χ2n) is 7.53. The Bertz CT molecular complexity index is 740. The molecule has 1 aliphatic rings. The summed E-state index contributed by atoms with van der Waals surface area (Å²) in [6, 6.07) is 14.3. The highest BCUT2D eigenvalue weighted by Gasteiger charge is 2.51. The first-order chi connectivity index (χ1) is 11.7. The van der Waals surface area contributed by atoms with Crippen LogP contribution in [0.15, 0.2) is 46.9 Å². The summed E-state index contributed by atoms with van der Waals surface area (Å²) < 4.78 is 19.1. The molecule has 1 heterocycles. The fraction of sp³-hybridized carbons (Fsp3) is 0.400. The number of aryl methyl sites for hydroxylation is 1. The molecule has 0 aliphatic carbocycles. The maximum Gasteiger partial charge on any atom is 0.494 e. The average molecular weight is 403 g/mol. The maximum atomic E-state index is 6.09. The van der Waals surface area contributed by atoms with Gasteiger partial charge in [-0.15, -0.1) is 0 Å². The SMILES string of the molecule is Cc1ccc(Br)cc1OCc1ccc(B2OC(C)(C)C(C)(C)O2)cc1. The van der Waals surface area contributed by atoms with E-state index in [2.05, 4.69) is 67.9 Å². The molecular weight excluding hydrogens is 379 g/mol. The van der Waals surface area contributed by atoms with Crippen LogP contribution in [0.25, 0.3) is 0 Å². The Labute approximate surface area is 159 Å². The molecule has 0 amide bonds. The number of rotatable bonds is 4. The molecule has 1 aliphatic heterocycles. The highest BCUT2D eigenvalue weighted by Crippen LogP contribution is 2.36. The Morgan fingerprint density at radius 2 is 1.56 bits per heavy atom. The normalized spacial score (nSPS) is 18.4. The van der Waals surface area contributed by atoms with Crippen molar-refractivity contribution in [2.75, 3.05) is 0 Å². The molecule has 3 nitrogen and oxygen atoms in total. The Kier molecular flexibility index (Phi) is 5.02. The Balaban J connectivity index is 1.66. The monoisotopic (exact) mass is 402 g/mol. The van der Waals surface area contributed by atoms with Gasteiger partial charge in [0.15, 0.2) is 0 Å². The van der Waals surface area contributed by atoms with Crippen LogP contribution in [0.1, 0.15) is 38.8 Å². The van der Waals surface area contributed by atoms with Gasteiger partial charge in [-0.2, -0.15) is 0 Å². The van der Waals surface area contributed by atoms with E-state index in [9.17, 15) is 0 Å². The van der Waals surface area contributed by atoms with E-state index in [1.54, 1.807) is 0 Å². The zero-order valence-electron chi connectivity index (χ0n) is 15.4. The van der Waals surface area contributed by atoms with Crippen molar-refractivity contribution in [3.63, 3.8) is 0 Å². The number of halogens is 1. The van der Waals surface area contributed by atoms with Crippen LogP contribution in [0.2, 0.25) is 0 Å². The Hall–Kier alpha value is -1.30. The van der Waals surface area contributed by atoms with E-state index in [0.29, 0.717) is 6.61 Å². The van der Waals surface area contributed by atoms with E-state index in [-0.39, 0.29) is 18.3 Å². The van der Waals surface area contributed by atoms with E-state index >= 15 is 0 Å². The van der Waals surface area contributed by atoms with Gasteiger partial charge < -0.3 is 14.0 Å². The third-order valence-electron chi connectivity index (χ3n) is 5.05. The molecule has 3 rings (SSSR count). The van der Waals surface area contributed by atoms with Crippen LogP contribution in [0.5, 0.6) is 5.75 Å². The predicted molar refractivity (Wildman–Crippen MR) is 105 cm³/mol. The number of hydrogen-bond donors (Lipinski definition) is 0. The minimum atomic E-state index is -0.327. The molecule has 0 bridgehead atoms. The van der Waals surface area contributed by atoms with Crippen molar-refractivity contribution >= 4 is 28.5 Å². The summed E-state index contributed by atoms with van der Waals surface area (Å²) in [6.07, 6.45) is 0. The van der Waals surface area contributed by atoms with Crippen molar-refractivity contribution < 1.29 is 14.0 Å². The van der Waals surface area contributed by atoms with Crippen molar-refractivity contribution in [2.45, 2.75) is 52.4 Å². The van der Waals surface area contributed by atoms with Gasteiger partial charge in [0.1, 0.15) is 12.4 Å². The Morgan fingerprint density at radius 3 is 2.16 bits per heavy atom. The number of ether oxygens (including phenoxy) is 1. The molecule has 1 saturated heterocycles. The third-order valence-corrected chi connectivity index (χ3v) is 5.54.